The molecule has 2 saturated carbocycles. The van der Waals surface area contributed by atoms with E-state index in [0.717, 1.165) is 38.5 Å². The maximum atomic E-state index is 14.6. The van der Waals surface area contributed by atoms with Crippen molar-refractivity contribution in [3.63, 3.8) is 0 Å². The molecule has 2 aliphatic carbocycles. The number of hydrogen-bond donors (Lipinski definition) is 4. The van der Waals surface area contributed by atoms with Crippen molar-refractivity contribution in [1.82, 2.24) is 30.5 Å². The van der Waals surface area contributed by atoms with E-state index in [9.17, 15) is 32.4 Å². The van der Waals surface area contributed by atoms with E-state index in [-0.39, 0.29) is 41.4 Å². The average Bonchev–Trinajstić information content (AvgIpc) is 3.32. The Bertz CT molecular complexity index is 1360. The number of sulfonamides is 1. The lowest BCUT2D eigenvalue weighted by molar-refractivity contribution is -0.144. The van der Waals surface area contributed by atoms with Crippen molar-refractivity contribution in [3.8, 4) is 0 Å². The van der Waals surface area contributed by atoms with Gasteiger partial charge >= 0.3 is 6.03 Å². The van der Waals surface area contributed by atoms with Gasteiger partial charge in [-0.2, -0.15) is 4.31 Å². The van der Waals surface area contributed by atoms with Crippen LogP contribution in [0.5, 0.6) is 0 Å². The van der Waals surface area contributed by atoms with Gasteiger partial charge in [-0.15, -0.1) is 0 Å². The Morgan fingerprint density at radius 3 is 2.18 bits per heavy atom. The van der Waals surface area contributed by atoms with Gasteiger partial charge in [0.25, 0.3) is 5.91 Å². The van der Waals surface area contributed by atoms with Gasteiger partial charge in [0.05, 0.1) is 11.8 Å². The number of piperidine rings is 1. The molecule has 13 nitrogen and oxygen atoms in total. The van der Waals surface area contributed by atoms with Gasteiger partial charge in [0.15, 0.2) is 0 Å². The van der Waals surface area contributed by atoms with Crippen LogP contribution in [0.4, 0.5) is 4.79 Å². The Morgan fingerprint density at radius 1 is 0.939 bits per heavy atom. The minimum atomic E-state index is -3.38. The van der Waals surface area contributed by atoms with Crippen molar-refractivity contribution < 1.29 is 32.4 Å². The number of likely N-dealkylation sites (N-methyl/N-ethyl adjacent to an activating group) is 1. The first kappa shape index (κ1) is 39.1. The van der Waals surface area contributed by atoms with Crippen molar-refractivity contribution in [3.05, 3.63) is 0 Å². The van der Waals surface area contributed by atoms with E-state index in [0.29, 0.717) is 38.9 Å². The fourth-order valence-electron chi connectivity index (χ4n) is 8.16. The van der Waals surface area contributed by atoms with E-state index in [1.807, 2.05) is 27.7 Å². The number of urea groups is 1. The Balaban J connectivity index is 1.56. The van der Waals surface area contributed by atoms with Crippen LogP contribution in [-0.4, -0.2) is 103 Å². The monoisotopic (exact) mass is 708 g/mol. The highest BCUT2D eigenvalue weighted by Crippen LogP contribution is 2.65. The molecule has 14 heteroatoms. The summed E-state index contributed by atoms with van der Waals surface area (Å²) in [5.74, 6) is -2.25. The third kappa shape index (κ3) is 8.95. The predicted molar refractivity (Wildman–Crippen MR) is 187 cm³/mol. The molecule has 6 atom stereocenters. The Kier molecular flexibility index (Phi) is 12.5. The molecule has 4 rings (SSSR count). The number of rotatable bonds is 14. The van der Waals surface area contributed by atoms with Gasteiger partial charge in [0.2, 0.25) is 27.6 Å². The van der Waals surface area contributed by atoms with Crippen LogP contribution in [0.2, 0.25) is 0 Å². The van der Waals surface area contributed by atoms with Crippen molar-refractivity contribution in [1.29, 1.82) is 0 Å². The van der Waals surface area contributed by atoms with Crippen molar-refractivity contribution in [2.45, 2.75) is 130 Å². The molecule has 2 unspecified atom stereocenters. The van der Waals surface area contributed by atoms with Gasteiger partial charge < -0.3 is 26.2 Å². The summed E-state index contributed by atoms with van der Waals surface area (Å²) in [4.78, 5) is 69.5. The topological polar surface area (TPSA) is 174 Å². The summed E-state index contributed by atoms with van der Waals surface area (Å²) in [7, 11) is -3.38. The van der Waals surface area contributed by atoms with Crippen LogP contribution in [0.1, 0.15) is 106 Å². The normalized spacial score (nSPS) is 26.6. The second-order valence-electron chi connectivity index (χ2n) is 16.3. The van der Waals surface area contributed by atoms with Gasteiger partial charge in [0, 0.05) is 32.2 Å². The van der Waals surface area contributed by atoms with Gasteiger partial charge in [0.1, 0.15) is 12.1 Å². The summed E-state index contributed by atoms with van der Waals surface area (Å²) in [6.07, 6.45) is 6.71. The SMILES string of the molecule is CCCCC(NC(=O)[C@@H]1[C@@H]2C(CN1C(=O)[C@@H](NC(=O)N[C@H](CN1CCCS1(=O)=O)C(C)(C)C)C1CCCCC1)C2(C)C)C(=O)C(=O)NCC. The highest BCUT2D eigenvalue weighted by Gasteiger charge is 2.69. The van der Waals surface area contributed by atoms with Crippen LogP contribution in [0, 0.1) is 28.6 Å². The van der Waals surface area contributed by atoms with Crippen LogP contribution in [0.3, 0.4) is 0 Å². The van der Waals surface area contributed by atoms with E-state index in [2.05, 4.69) is 35.1 Å². The fourth-order valence-corrected chi connectivity index (χ4v) is 9.69. The van der Waals surface area contributed by atoms with Crippen LogP contribution < -0.4 is 21.3 Å². The van der Waals surface area contributed by atoms with E-state index in [1.165, 1.54) is 4.31 Å². The molecular weight excluding hydrogens is 648 g/mol. The highest BCUT2D eigenvalue weighted by molar-refractivity contribution is 7.89. The summed E-state index contributed by atoms with van der Waals surface area (Å²) < 4.78 is 26.6. The zero-order valence-electron chi connectivity index (χ0n) is 30.6. The molecule has 2 heterocycles. The second kappa shape index (κ2) is 15.7. The first-order valence-electron chi connectivity index (χ1n) is 18.4. The molecule has 278 valence electrons. The van der Waals surface area contributed by atoms with Gasteiger partial charge in [-0.05, 0) is 61.2 Å². The van der Waals surface area contributed by atoms with Gasteiger partial charge in [-0.25, -0.2) is 13.2 Å². The first-order valence-corrected chi connectivity index (χ1v) is 20.0. The van der Waals surface area contributed by atoms with E-state index < -0.39 is 63.2 Å². The number of nitrogens with one attached hydrogen (secondary N) is 4. The molecule has 2 saturated heterocycles. The minimum Gasteiger partial charge on any atom is -0.350 e. The lowest BCUT2D eigenvalue weighted by Crippen LogP contribution is -2.61. The molecule has 0 aromatic rings. The molecule has 4 aliphatic rings. The number of amides is 5. The zero-order chi connectivity index (χ0) is 36.3. The van der Waals surface area contributed by atoms with Gasteiger partial charge in [-0.1, -0.05) is 73.6 Å². The summed E-state index contributed by atoms with van der Waals surface area (Å²) in [6.45, 7) is 14.9. The number of fused-ring (bicyclic) bond motifs is 1. The molecular formula is C35H60N6O7S. The average molecular weight is 709 g/mol. The molecule has 0 bridgehead atoms. The number of nitrogens with zero attached hydrogens (tertiary/aromatic N) is 2. The molecule has 49 heavy (non-hydrogen) atoms. The molecule has 0 radical (unpaired) electrons. The third-order valence-corrected chi connectivity index (χ3v) is 13.3. The number of carbonyl (C=O) groups excluding carboxylic acids is 5. The van der Waals surface area contributed by atoms with Crippen LogP contribution in [0.25, 0.3) is 0 Å². The summed E-state index contributed by atoms with van der Waals surface area (Å²) in [5.41, 5.74) is -0.646. The number of Topliss-reactive ketones (excluding diaryl/α,β-unsaturated/α-hetero) is 1. The molecule has 5 amide bonds. The summed E-state index contributed by atoms with van der Waals surface area (Å²) in [6, 6.07) is -3.76. The lowest BCUT2D eigenvalue weighted by atomic mass is 9.83. The van der Waals surface area contributed by atoms with E-state index >= 15 is 0 Å². The van der Waals surface area contributed by atoms with Crippen molar-refractivity contribution in [2.24, 2.45) is 28.6 Å². The Labute approximate surface area is 292 Å². The molecule has 0 aromatic heterocycles. The maximum absolute atomic E-state index is 14.6. The predicted octanol–water partition coefficient (Wildman–Crippen LogP) is 2.55. The number of hydrogen-bond acceptors (Lipinski definition) is 7. The molecule has 2 aliphatic heterocycles. The third-order valence-electron chi connectivity index (χ3n) is 11.4. The smallest absolute Gasteiger partial charge is 0.315 e. The fraction of sp³-hybridized carbons (Fsp3) is 0.857. The highest BCUT2D eigenvalue weighted by atomic mass is 32.2. The van der Waals surface area contributed by atoms with E-state index in [4.69, 9.17) is 0 Å². The zero-order valence-corrected chi connectivity index (χ0v) is 31.4. The number of unbranched alkanes of at least 4 members (excludes halogenated alkanes) is 1. The maximum Gasteiger partial charge on any atom is 0.315 e. The van der Waals surface area contributed by atoms with Crippen LogP contribution in [-0.2, 0) is 29.2 Å². The summed E-state index contributed by atoms with van der Waals surface area (Å²) in [5, 5.41) is 11.4. The van der Waals surface area contributed by atoms with Crippen LogP contribution >= 0.6 is 0 Å². The molecule has 4 N–H and O–H groups in total. The molecule has 0 aromatic carbocycles. The number of ketones is 1. The standard InChI is InChI=1S/C35H60N6O7S/c1-8-10-17-24(29(42)31(44)36-9-2)37-30(43)28-26-23(35(26,6)7)20-41(28)32(45)27(22-15-12-11-13-16-22)39-33(46)38-25(34(3,4)5)21-40-18-14-19-49(40,47)48/h22-28H,8-21H2,1-7H3,(H,36,44)(H,37,43)(H2,38,39,46)/t23?,24?,25-,26+,27+,28+/m1/s1. The minimum absolute atomic E-state index is 0.0916. The number of carbonyl (C=O) groups is 5. The van der Waals surface area contributed by atoms with Gasteiger partial charge in [-0.3, -0.25) is 19.2 Å². The molecule has 4 fully saturated rings. The first-order chi connectivity index (χ1) is 22.9. The second-order valence-corrected chi connectivity index (χ2v) is 18.3. The van der Waals surface area contributed by atoms with E-state index in [1.54, 1.807) is 11.8 Å². The van der Waals surface area contributed by atoms with Crippen molar-refractivity contribution >= 4 is 39.6 Å². The molecule has 0 spiro atoms. The Hall–Kier alpha value is -2.74. The quantitative estimate of drug-likeness (QED) is 0.201. The largest absolute Gasteiger partial charge is 0.350 e. The van der Waals surface area contributed by atoms with Crippen molar-refractivity contribution in [2.75, 3.05) is 31.9 Å². The Morgan fingerprint density at radius 2 is 1.61 bits per heavy atom. The number of likely N-dealkylation sites (tertiary alicyclic amines) is 1. The summed E-state index contributed by atoms with van der Waals surface area (Å²) >= 11 is 0. The lowest BCUT2D eigenvalue weighted by Gasteiger charge is -2.38. The van der Waals surface area contributed by atoms with Crippen LogP contribution in [0.15, 0.2) is 0 Å².